The van der Waals surface area contributed by atoms with E-state index in [0.717, 1.165) is 32.2 Å². The van der Waals surface area contributed by atoms with E-state index in [1.807, 2.05) is 0 Å². The molecular formula is C11H22N2O2. The van der Waals surface area contributed by atoms with Crippen molar-refractivity contribution >= 4 is 5.91 Å². The van der Waals surface area contributed by atoms with Crippen LogP contribution in [0.15, 0.2) is 0 Å². The molecule has 2 atom stereocenters. The van der Waals surface area contributed by atoms with Crippen LogP contribution >= 0.6 is 0 Å². The third-order valence-electron chi connectivity index (χ3n) is 2.94. The van der Waals surface area contributed by atoms with E-state index in [-0.39, 0.29) is 18.6 Å². The minimum Gasteiger partial charge on any atom is -0.396 e. The van der Waals surface area contributed by atoms with Gasteiger partial charge < -0.3 is 15.7 Å². The van der Waals surface area contributed by atoms with Crippen molar-refractivity contribution < 1.29 is 9.90 Å². The molecule has 0 saturated carbocycles. The number of aliphatic hydroxyl groups is 1. The van der Waals surface area contributed by atoms with Crippen LogP contribution in [0.4, 0.5) is 0 Å². The first kappa shape index (κ1) is 12.5. The van der Waals surface area contributed by atoms with Gasteiger partial charge in [-0.2, -0.15) is 0 Å². The molecule has 15 heavy (non-hydrogen) atoms. The molecule has 1 aliphatic rings. The fourth-order valence-corrected chi connectivity index (χ4v) is 1.96. The summed E-state index contributed by atoms with van der Waals surface area (Å²) < 4.78 is 0. The molecule has 1 fully saturated rings. The predicted octanol–water partition coefficient (Wildman–Crippen LogP) is 0.263. The zero-order valence-corrected chi connectivity index (χ0v) is 9.46. The summed E-state index contributed by atoms with van der Waals surface area (Å²) in [5.74, 6) is 0.539. The zero-order valence-electron chi connectivity index (χ0n) is 9.46. The molecule has 1 aliphatic heterocycles. The number of piperidine rings is 1. The third kappa shape index (κ3) is 4.18. The number of hydrogen-bond donors (Lipinski definition) is 3. The summed E-state index contributed by atoms with van der Waals surface area (Å²) in [5.41, 5.74) is 0. The lowest BCUT2D eigenvalue weighted by molar-refractivity contribution is -0.124. The average Bonchev–Trinajstić information content (AvgIpc) is 2.25. The standard InChI is InChI=1S/C11H22N2O2/c1-9-5-4-7-12-10(9)11(15)13-6-2-3-8-14/h9-10,12,14H,2-8H2,1H3,(H,13,15). The molecule has 88 valence electrons. The van der Waals surface area contributed by atoms with Gasteiger partial charge in [-0.15, -0.1) is 0 Å². The van der Waals surface area contributed by atoms with E-state index in [0.29, 0.717) is 12.5 Å². The van der Waals surface area contributed by atoms with Gasteiger partial charge in [-0.3, -0.25) is 4.79 Å². The molecule has 1 heterocycles. The lowest BCUT2D eigenvalue weighted by Crippen LogP contribution is -2.51. The van der Waals surface area contributed by atoms with Crippen molar-refractivity contribution in [2.45, 2.75) is 38.6 Å². The van der Waals surface area contributed by atoms with E-state index in [9.17, 15) is 4.79 Å². The van der Waals surface area contributed by atoms with E-state index < -0.39 is 0 Å². The van der Waals surface area contributed by atoms with Crippen LogP contribution in [0.25, 0.3) is 0 Å². The maximum absolute atomic E-state index is 11.7. The van der Waals surface area contributed by atoms with Crippen LogP contribution in [0, 0.1) is 5.92 Å². The number of hydrogen-bond acceptors (Lipinski definition) is 3. The molecule has 1 saturated heterocycles. The lowest BCUT2D eigenvalue weighted by atomic mass is 9.92. The summed E-state index contributed by atoms with van der Waals surface area (Å²) in [6, 6.07) is -0.0205. The van der Waals surface area contributed by atoms with Crippen molar-refractivity contribution in [3.8, 4) is 0 Å². The average molecular weight is 214 g/mol. The molecular weight excluding hydrogens is 192 g/mol. The molecule has 3 N–H and O–H groups in total. The second kappa shape index (κ2) is 6.80. The van der Waals surface area contributed by atoms with Gasteiger partial charge in [0.05, 0.1) is 6.04 Å². The fourth-order valence-electron chi connectivity index (χ4n) is 1.96. The Morgan fingerprint density at radius 3 is 3.00 bits per heavy atom. The molecule has 0 bridgehead atoms. The van der Waals surface area contributed by atoms with Gasteiger partial charge in [-0.1, -0.05) is 6.92 Å². The number of unbranched alkanes of at least 4 members (excludes halogenated alkanes) is 1. The number of carbonyl (C=O) groups is 1. The normalized spacial score (nSPS) is 26.3. The summed E-state index contributed by atoms with van der Waals surface area (Å²) in [6.07, 6.45) is 3.90. The molecule has 0 aromatic carbocycles. The number of nitrogens with one attached hydrogen (secondary N) is 2. The quantitative estimate of drug-likeness (QED) is 0.575. The van der Waals surface area contributed by atoms with Gasteiger partial charge in [-0.05, 0) is 38.1 Å². The Balaban J connectivity index is 2.20. The van der Waals surface area contributed by atoms with Crippen molar-refractivity contribution in [1.82, 2.24) is 10.6 Å². The van der Waals surface area contributed by atoms with Gasteiger partial charge in [0.2, 0.25) is 5.91 Å². The minimum atomic E-state index is -0.0205. The Labute approximate surface area is 91.4 Å². The summed E-state index contributed by atoms with van der Waals surface area (Å²) in [4.78, 5) is 11.7. The van der Waals surface area contributed by atoms with Crippen LogP contribution in [0.5, 0.6) is 0 Å². The van der Waals surface area contributed by atoms with E-state index in [1.54, 1.807) is 0 Å². The van der Waals surface area contributed by atoms with Crippen LogP contribution in [-0.2, 0) is 4.79 Å². The number of aliphatic hydroxyl groups excluding tert-OH is 1. The topological polar surface area (TPSA) is 61.4 Å². The van der Waals surface area contributed by atoms with Gasteiger partial charge in [0.1, 0.15) is 0 Å². The Morgan fingerprint density at radius 1 is 1.53 bits per heavy atom. The molecule has 4 heteroatoms. The number of amides is 1. The SMILES string of the molecule is CC1CCCNC1C(=O)NCCCCO. The Bertz CT molecular complexity index is 197. The predicted molar refractivity (Wildman–Crippen MR) is 59.5 cm³/mol. The van der Waals surface area contributed by atoms with Crippen molar-refractivity contribution in [2.75, 3.05) is 19.7 Å². The highest BCUT2D eigenvalue weighted by molar-refractivity contribution is 5.82. The molecule has 0 aromatic rings. The third-order valence-corrected chi connectivity index (χ3v) is 2.94. The zero-order chi connectivity index (χ0) is 11.1. The van der Waals surface area contributed by atoms with Crippen molar-refractivity contribution in [1.29, 1.82) is 0 Å². The van der Waals surface area contributed by atoms with E-state index in [4.69, 9.17) is 5.11 Å². The van der Waals surface area contributed by atoms with Crippen molar-refractivity contribution in [3.05, 3.63) is 0 Å². The van der Waals surface area contributed by atoms with Gasteiger partial charge in [0.25, 0.3) is 0 Å². The summed E-state index contributed by atoms with van der Waals surface area (Å²) >= 11 is 0. The Kier molecular flexibility index (Phi) is 5.65. The largest absolute Gasteiger partial charge is 0.396 e. The van der Waals surface area contributed by atoms with Crippen molar-refractivity contribution in [2.24, 2.45) is 5.92 Å². The second-order valence-corrected chi connectivity index (χ2v) is 4.27. The Hall–Kier alpha value is -0.610. The van der Waals surface area contributed by atoms with Crippen LogP contribution in [0.3, 0.4) is 0 Å². The van der Waals surface area contributed by atoms with Gasteiger partial charge in [0, 0.05) is 13.2 Å². The van der Waals surface area contributed by atoms with Crippen LogP contribution < -0.4 is 10.6 Å². The molecule has 0 spiro atoms. The van der Waals surface area contributed by atoms with Gasteiger partial charge in [0.15, 0.2) is 0 Å². The highest BCUT2D eigenvalue weighted by Crippen LogP contribution is 2.15. The van der Waals surface area contributed by atoms with E-state index >= 15 is 0 Å². The molecule has 1 amide bonds. The molecule has 4 nitrogen and oxygen atoms in total. The minimum absolute atomic E-state index is 0.0205. The summed E-state index contributed by atoms with van der Waals surface area (Å²) in [7, 11) is 0. The van der Waals surface area contributed by atoms with Gasteiger partial charge >= 0.3 is 0 Å². The number of rotatable bonds is 5. The van der Waals surface area contributed by atoms with E-state index in [2.05, 4.69) is 17.6 Å². The van der Waals surface area contributed by atoms with Crippen molar-refractivity contribution in [3.63, 3.8) is 0 Å². The first-order valence-electron chi connectivity index (χ1n) is 5.87. The summed E-state index contributed by atoms with van der Waals surface area (Å²) in [5, 5.41) is 14.8. The molecule has 0 aliphatic carbocycles. The molecule has 2 unspecified atom stereocenters. The van der Waals surface area contributed by atoms with Crippen LogP contribution in [-0.4, -0.2) is 36.8 Å². The first-order chi connectivity index (χ1) is 7.25. The lowest BCUT2D eigenvalue weighted by Gasteiger charge is -2.28. The molecule has 1 rings (SSSR count). The van der Waals surface area contributed by atoms with Gasteiger partial charge in [-0.25, -0.2) is 0 Å². The molecule has 0 radical (unpaired) electrons. The van der Waals surface area contributed by atoms with E-state index in [1.165, 1.54) is 0 Å². The van der Waals surface area contributed by atoms with Crippen LogP contribution in [0.1, 0.15) is 32.6 Å². The fraction of sp³-hybridized carbons (Fsp3) is 0.909. The Morgan fingerprint density at radius 2 is 2.33 bits per heavy atom. The van der Waals surface area contributed by atoms with Crippen LogP contribution in [0.2, 0.25) is 0 Å². The highest BCUT2D eigenvalue weighted by Gasteiger charge is 2.26. The maximum Gasteiger partial charge on any atom is 0.237 e. The first-order valence-corrected chi connectivity index (χ1v) is 5.87. The monoisotopic (exact) mass is 214 g/mol. The summed E-state index contributed by atoms with van der Waals surface area (Å²) in [6.45, 7) is 3.93. The number of carbonyl (C=O) groups excluding carboxylic acids is 1. The second-order valence-electron chi connectivity index (χ2n) is 4.27. The molecule has 0 aromatic heterocycles. The highest BCUT2D eigenvalue weighted by atomic mass is 16.2. The maximum atomic E-state index is 11.7. The smallest absolute Gasteiger partial charge is 0.237 e.